The fourth-order valence-electron chi connectivity index (χ4n) is 1.46. The van der Waals surface area contributed by atoms with E-state index in [1.54, 1.807) is 0 Å². The predicted octanol–water partition coefficient (Wildman–Crippen LogP) is 3.23. The molecule has 1 aromatic rings. The molecule has 0 radical (unpaired) electrons. The molecule has 0 atom stereocenters. The summed E-state index contributed by atoms with van der Waals surface area (Å²) in [6.45, 7) is 6.85. The van der Waals surface area contributed by atoms with E-state index in [1.165, 1.54) is 12.0 Å². The Bertz CT molecular complexity index is 331. The smallest absolute Gasteiger partial charge is 0.189 e. The van der Waals surface area contributed by atoms with Gasteiger partial charge in [-0.1, -0.05) is 20.3 Å². The summed E-state index contributed by atoms with van der Waals surface area (Å²) >= 11 is 0. The summed E-state index contributed by atoms with van der Waals surface area (Å²) in [5.41, 5.74) is 1.17. The van der Waals surface area contributed by atoms with Gasteiger partial charge in [0.15, 0.2) is 11.7 Å². The average molecular weight is 223 g/mol. The van der Waals surface area contributed by atoms with Gasteiger partial charge in [-0.05, 0) is 19.8 Å². The molecule has 0 bridgehead atoms. The van der Waals surface area contributed by atoms with Crippen LogP contribution >= 0.6 is 0 Å². The molecule has 0 amide bonds. The molecule has 4 heteroatoms. The monoisotopic (exact) mass is 223 g/mol. The molecule has 0 spiro atoms. The van der Waals surface area contributed by atoms with E-state index < -0.39 is 0 Å². The van der Waals surface area contributed by atoms with Crippen molar-refractivity contribution in [2.45, 2.75) is 46.5 Å². The SMILES string of the molecule is CCCCc1cn[nH]c1/N=C(\CC)OCC. The first-order valence-electron chi connectivity index (χ1n) is 6.04. The van der Waals surface area contributed by atoms with E-state index in [2.05, 4.69) is 22.1 Å². The first kappa shape index (κ1) is 12.7. The number of ether oxygens (including phenoxy) is 1. The molecule has 1 rings (SSSR count). The Morgan fingerprint density at radius 3 is 2.88 bits per heavy atom. The van der Waals surface area contributed by atoms with Crippen LogP contribution in [0.1, 0.15) is 45.6 Å². The van der Waals surface area contributed by atoms with Crippen molar-refractivity contribution in [3.8, 4) is 0 Å². The summed E-state index contributed by atoms with van der Waals surface area (Å²) in [5.74, 6) is 1.61. The molecule has 0 fully saturated rings. The largest absolute Gasteiger partial charge is 0.481 e. The molecule has 1 N–H and O–H groups in total. The highest BCUT2D eigenvalue weighted by atomic mass is 16.5. The molecule has 0 aliphatic heterocycles. The van der Waals surface area contributed by atoms with Gasteiger partial charge >= 0.3 is 0 Å². The number of aryl methyl sites for hydroxylation is 1. The van der Waals surface area contributed by atoms with Crippen molar-refractivity contribution in [3.05, 3.63) is 11.8 Å². The molecule has 90 valence electrons. The van der Waals surface area contributed by atoms with Crippen LogP contribution in [0.2, 0.25) is 0 Å². The fraction of sp³-hybridized carbons (Fsp3) is 0.667. The number of unbranched alkanes of at least 4 members (excludes halogenated alkanes) is 1. The Hall–Kier alpha value is -1.32. The minimum absolute atomic E-state index is 0.658. The van der Waals surface area contributed by atoms with Crippen LogP contribution in [0.15, 0.2) is 11.2 Å². The lowest BCUT2D eigenvalue weighted by molar-refractivity contribution is 0.319. The molecule has 1 heterocycles. The van der Waals surface area contributed by atoms with E-state index in [4.69, 9.17) is 4.74 Å². The van der Waals surface area contributed by atoms with Crippen LogP contribution in [0.4, 0.5) is 5.82 Å². The Morgan fingerprint density at radius 2 is 2.25 bits per heavy atom. The summed E-state index contributed by atoms with van der Waals surface area (Å²) in [6.07, 6.45) is 6.03. The van der Waals surface area contributed by atoms with Crippen molar-refractivity contribution in [2.75, 3.05) is 6.61 Å². The lowest BCUT2D eigenvalue weighted by Crippen LogP contribution is -2.02. The topological polar surface area (TPSA) is 50.3 Å². The maximum atomic E-state index is 5.43. The minimum Gasteiger partial charge on any atom is -0.481 e. The number of rotatable bonds is 6. The quantitative estimate of drug-likeness (QED) is 0.594. The van der Waals surface area contributed by atoms with Gasteiger partial charge in [0.05, 0.1) is 12.8 Å². The summed E-state index contributed by atoms with van der Waals surface area (Å²) in [5, 5.41) is 6.96. The van der Waals surface area contributed by atoms with Crippen molar-refractivity contribution in [1.29, 1.82) is 0 Å². The summed E-state index contributed by atoms with van der Waals surface area (Å²) in [4.78, 5) is 4.46. The van der Waals surface area contributed by atoms with Crippen LogP contribution in [-0.2, 0) is 11.2 Å². The van der Waals surface area contributed by atoms with Gasteiger partial charge in [-0.3, -0.25) is 5.10 Å². The van der Waals surface area contributed by atoms with Crippen LogP contribution in [0.5, 0.6) is 0 Å². The van der Waals surface area contributed by atoms with Crippen LogP contribution < -0.4 is 0 Å². The first-order chi connectivity index (χ1) is 7.81. The number of aromatic amines is 1. The second-order valence-corrected chi connectivity index (χ2v) is 3.64. The van der Waals surface area contributed by atoms with Crippen LogP contribution in [0.3, 0.4) is 0 Å². The first-order valence-corrected chi connectivity index (χ1v) is 6.04. The third kappa shape index (κ3) is 3.68. The van der Waals surface area contributed by atoms with Gasteiger partial charge in [0.25, 0.3) is 0 Å². The Kier molecular flexibility index (Phi) is 5.61. The lowest BCUT2D eigenvalue weighted by Gasteiger charge is -2.04. The molecule has 0 aliphatic carbocycles. The normalized spacial score (nSPS) is 11.8. The summed E-state index contributed by atoms with van der Waals surface area (Å²) in [6, 6.07) is 0. The van der Waals surface area contributed by atoms with Crippen molar-refractivity contribution >= 4 is 11.7 Å². The number of hydrogen-bond donors (Lipinski definition) is 1. The predicted molar refractivity (Wildman–Crippen MR) is 66.2 cm³/mol. The number of aromatic nitrogens is 2. The molecular weight excluding hydrogens is 202 g/mol. The molecule has 0 unspecified atom stereocenters. The van der Waals surface area contributed by atoms with Gasteiger partial charge in [0.2, 0.25) is 0 Å². The van der Waals surface area contributed by atoms with E-state index in [0.29, 0.717) is 6.61 Å². The van der Waals surface area contributed by atoms with Crippen molar-refractivity contribution in [3.63, 3.8) is 0 Å². The summed E-state index contributed by atoms with van der Waals surface area (Å²) in [7, 11) is 0. The third-order valence-electron chi connectivity index (χ3n) is 2.34. The Labute approximate surface area is 97.1 Å². The second kappa shape index (κ2) is 7.04. The number of H-pyrrole nitrogens is 1. The van der Waals surface area contributed by atoms with Crippen LogP contribution in [-0.4, -0.2) is 22.7 Å². The van der Waals surface area contributed by atoms with Crippen molar-refractivity contribution in [1.82, 2.24) is 10.2 Å². The molecule has 0 saturated carbocycles. The van der Waals surface area contributed by atoms with Crippen LogP contribution in [0.25, 0.3) is 0 Å². The standard InChI is InChI=1S/C12H21N3O/c1-4-7-8-10-9-13-15-12(10)14-11(5-2)16-6-3/h9H,4-8H2,1-3H3,(H,13,15)/b14-11+. The zero-order valence-corrected chi connectivity index (χ0v) is 10.4. The zero-order valence-electron chi connectivity index (χ0n) is 10.4. The average Bonchev–Trinajstić information content (AvgIpc) is 2.73. The Morgan fingerprint density at radius 1 is 1.44 bits per heavy atom. The van der Waals surface area contributed by atoms with E-state index in [-0.39, 0.29) is 0 Å². The molecule has 16 heavy (non-hydrogen) atoms. The molecule has 0 aliphatic rings. The van der Waals surface area contributed by atoms with Gasteiger partial charge in [-0.15, -0.1) is 0 Å². The maximum absolute atomic E-state index is 5.43. The summed E-state index contributed by atoms with van der Waals surface area (Å²) < 4.78 is 5.43. The number of nitrogens with zero attached hydrogens (tertiary/aromatic N) is 2. The molecule has 0 saturated heterocycles. The van der Waals surface area contributed by atoms with E-state index in [9.17, 15) is 0 Å². The number of nitrogens with one attached hydrogen (secondary N) is 1. The van der Waals surface area contributed by atoms with Gasteiger partial charge in [0, 0.05) is 12.0 Å². The van der Waals surface area contributed by atoms with Gasteiger partial charge in [-0.2, -0.15) is 10.1 Å². The van der Waals surface area contributed by atoms with Crippen molar-refractivity contribution in [2.24, 2.45) is 4.99 Å². The van der Waals surface area contributed by atoms with Gasteiger partial charge < -0.3 is 4.74 Å². The van der Waals surface area contributed by atoms with Crippen molar-refractivity contribution < 1.29 is 4.74 Å². The minimum atomic E-state index is 0.658. The molecule has 1 aromatic heterocycles. The van der Waals surface area contributed by atoms with Gasteiger partial charge in [0.1, 0.15) is 0 Å². The Balaban J connectivity index is 2.74. The number of aliphatic imine (C=N–C) groups is 1. The number of hydrogen-bond acceptors (Lipinski definition) is 3. The van der Waals surface area contributed by atoms with E-state index in [1.807, 2.05) is 20.0 Å². The second-order valence-electron chi connectivity index (χ2n) is 3.64. The third-order valence-corrected chi connectivity index (χ3v) is 2.34. The highest BCUT2D eigenvalue weighted by Gasteiger charge is 2.05. The lowest BCUT2D eigenvalue weighted by atomic mass is 10.1. The highest BCUT2D eigenvalue weighted by Crippen LogP contribution is 2.18. The molecule has 4 nitrogen and oxygen atoms in total. The van der Waals surface area contributed by atoms with Crippen LogP contribution in [0, 0.1) is 0 Å². The van der Waals surface area contributed by atoms with E-state index >= 15 is 0 Å². The van der Waals surface area contributed by atoms with E-state index in [0.717, 1.165) is 31.0 Å². The molecular formula is C12H21N3O. The fourth-order valence-corrected chi connectivity index (χ4v) is 1.46. The highest BCUT2D eigenvalue weighted by molar-refractivity contribution is 5.78. The van der Waals surface area contributed by atoms with Gasteiger partial charge in [-0.25, -0.2) is 0 Å². The maximum Gasteiger partial charge on any atom is 0.189 e. The molecule has 0 aromatic carbocycles. The zero-order chi connectivity index (χ0) is 11.8.